The lowest BCUT2D eigenvalue weighted by Crippen LogP contribution is -2.48. The largest absolute Gasteiger partial charge is 0.363 e. The number of nitrogens with two attached hydrogens (primary N) is 4. The summed E-state index contributed by atoms with van der Waals surface area (Å²) >= 11 is 0. The molecule has 58 valence electrons. The first-order valence-electron chi connectivity index (χ1n) is 2.69. The zero-order valence-electron chi connectivity index (χ0n) is 5.67. The molecule has 9 N–H and O–H groups in total. The van der Waals surface area contributed by atoms with Crippen LogP contribution in [-0.4, -0.2) is 11.0 Å². The van der Waals surface area contributed by atoms with Crippen LogP contribution in [-0.2, 0) is 0 Å². The van der Waals surface area contributed by atoms with Crippen LogP contribution < -0.4 is 23.2 Å². The van der Waals surface area contributed by atoms with Gasteiger partial charge in [0.05, 0.1) is 0 Å². The molecule has 0 saturated carbocycles. The zero-order valence-corrected chi connectivity index (χ0v) is 5.67. The van der Waals surface area contributed by atoms with Crippen molar-refractivity contribution in [3.05, 3.63) is 0 Å². The van der Waals surface area contributed by atoms with E-state index < -0.39 is 5.85 Å². The van der Waals surface area contributed by atoms with E-state index in [1.807, 2.05) is 6.92 Å². The normalized spacial score (nSPS) is 10.0. The Morgan fingerprint density at radius 1 is 1.33 bits per heavy atom. The standard InChI is InChI=1S/C4H12N2O.H4N2/c1-2-3-4(5,6)7;1-2/h7H,2-3,5-6H2,1H3;1-2H2. The van der Waals surface area contributed by atoms with Crippen molar-refractivity contribution >= 4 is 0 Å². The summed E-state index contributed by atoms with van der Waals surface area (Å²) in [6, 6.07) is 0. The Labute approximate surface area is 55.0 Å². The molecule has 0 aromatic heterocycles. The summed E-state index contributed by atoms with van der Waals surface area (Å²) in [5, 5.41) is 8.57. The van der Waals surface area contributed by atoms with E-state index >= 15 is 0 Å². The highest BCUT2D eigenvalue weighted by molar-refractivity contribution is 4.57. The Kier molecular flexibility index (Phi) is 7.63. The number of hydrogen-bond donors (Lipinski definition) is 5. The van der Waals surface area contributed by atoms with Crippen LogP contribution in [0.1, 0.15) is 19.8 Å². The molecular weight excluding hydrogens is 120 g/mol. The van der Waals surface area contributed by atoms with Crippen molar-refractivity contribution in [2.24, 2.45) is 23.2 Å². The number of hydrogen-bond acceptors (Lipinski definition) is 5. The lowest BCUT2D eigenvalue weighted by Gasteiger charge is -2.14. The summed E-state index contributed by atoms with van der Waals surface area (Å²) in [7, 11) is 0. The summed E-state index contributed by atoms with van der Waals surface area (Å²) in [5.74, 6) is 6.55. The zero-order chi connectivity index (χ0) is 7.91. The van der Waals surface area contributed by atoms with Crippen molar-refractivity contribution in [3.63, 3.8) is 0 Å². The van der Waals surface area contributed by atoms with Crippen LogP contribution in [0, 0.1) is 0 Å². The minimum absolute atomic E-state index is 0.451. The topological polar surface area (TPSA) is 124 Å². The van der Waals surface area contributed by atoms with Crippen molar-refractivity contribution in [1.82, 2.24) is 0 Å². The number of hydrazine groups is 1. The van der Waals surface area contributed by atoms with Gasteiger partial charge in [0.25, 0.3) is 0 Å². The van der Waals surface area contributed by atoms with Gasteiger partial charge in [0, 0.05) is 6.42 Å². The lowest BCUT2D eigenvalue weighted by molar-refractivity contribution is 0.0441. The fourth-order valence-corrected chi connectivity index (χ4v) is 0.400. The molecule has 5 heteroatoms. The molecule has 5 nitrogen and oxygen atoms in total. The van der Waals surface area contributed by atoms with Gasteiger partial charge in [-0.3, -0.25) is 23.2 Å². The van der Waals surface area contributed by atoms with E-state index in [0.717, 1.165) is 6.42 Å². The quantitative estimate of drug-likeness (QED) is 0.173. The smallest absolute Gasteiger partial charge is 0.166 e. The molecule has 0 atom stereocenters. The van der Waals surface area contributed by atoms with E-state index in [1.165, 1.54) is 0 Å². The second-order valence-electron chi connectivity index (χ2n) is 1.74. The van der Waals surface area contributed by atoms with Gasteiger partial charge in [-0.25, -0.2) is 0 Å². The third-order valence-corrected chi connectivity index (χ3v) is 0.650. The highest BCUT2D eigenvalue weighted by Gasteiger charge is 2.09. The molecule has 0 unspecified atom stereocenters. The molecule has 0 fully saturated rings. The van der Waals surface area contributed by atoms with Crippen molar-refractivity contribution in [1.29, 1.82) is 0 Å². The lowest BCUT2D eigenvalue weighted by atomic mass is 10.2. The first-order chi connectivity index (χ1) is 4.06. The summed E-state index contributed by atoms with van der Waals surface area (Å²) < 4.78 is 0. The van der Waals surface area contributed by atoms with Crippen LogP contribution in [0.2, 0.25) is 0 Å². The van der Waals surface area contributed by atoms with E-state index in [9.17, 15) is 0 Å². The van der Waals surface area contributed by atoms with Crippen LogP contribution in [0.5, 0.6) is 0 Å². The predicted molar refractivity (Wildman–Crippen MR) is 36.6 cm³/mol. The van der Waals surface area contributed by atoms with Crippen LogP contribution >= 0.6 is 0 Å². The Balaban J connectivity index is 0. The van der Waals surface area contributed by atoms with E-state index in [1.54, 1.807) is 0 Å². The van der Waals surface area contributed by atoms with Crippen LogP contribution in [0.25, 0.3) is 0 Å². The van der Waals surface area contributed by atoms with Crippen molar-refractivity contribution < 1.29 is 5.11 Å². The van der Waals surface area contributed by atoms with Crippen molar-refractivity contribution in [3.8, 4) is 0 Å². The fourth-order valence-electron chi connectivity index (χ4n) is 0.400. The minimum atomic E-state index is -1.45. The first kappa shape index (κ1) is 11.6. The molecule has 0 radical (unpaired) electrons. The second-order valence-corrected chi connectivity index (χ2v) is 1.74. The molecule has 0 saturated heterocycles. The Morgan fingerprint density at radius 2 is 1.67 bits per heavy atom. The number of rotatable bonds is 2. The summed E-state index contributed by atoms with van der Waals surface area (Å²) in [6.07, 6.45) is 1.26. The maximum Gasteiger partial charge on any atom is 0.166 e. The second kappa shape index (κ2) is 5.93. The molecule has 0 aliphatic heterocycles. The van der Waals surface area contributed by atoms with E-state index in [4.69, 9.17) is 16.6 Å². The van der Waals surface area contributed by atoms with Crippen LogP contribution in [0.3, 0.4) is 0 Å². The summed E-state index contributed by atoms with van der Waals surface area (Å²) in [4.78, 5) is 0. The van der Waals surface area contributed by atoms with Gasteiger partial charge in [-0.15, -0.1) is 0 Å². The molecule has 0 amide bonds. The molecule has 0 heterocycles. The van der Waals surface area contributed by atoms with Gasteiger partial charge in [0.1, 0.15) is 0 Å². The predicted octanol–water partition coefficient (Wildman–Crippen LogP) is -1.83. The van der Waals surface area contributed by atoms with Gasteiger partial charge >= 0.3 is 0 Å². The Bertz CT molecular complexity index is 51.0. The summed E-state index contributed by atoms with van der Waals surface area (Å²) in [6.45, 7) is 1.91. The third kappa shape index (κ3) is 18.2. The highest BCUT2D eigenvalue weighted by atomic mass is 16.3. The van der Waals surface area contributed by atoms with E-state index in [0.29, 0.717) is 6.42 Å². The minimum Gasteiger partial charge on any atom is -0.363 e. The van der Waals surface area contributed by atoms with E-state index in [2.05, 4.69) is 11.7 Å². The van der Waals surface area contributed by atoms with Gasteiger partial charge < -0.3 is 5.11 Å². The number of aliphatic hydroxyl groups is 1. The molecular formula is C4H16N4O. The highest BCUT2D eigenvalue weighted by Crippen LogP contribution is 1.94. The van der Waals surface area contributed by atoms with Crippen LogP contribution in [0.15, 0.2) is 0 Å². The third-order valence-electron chi connectivity index (χ3n) is 0.650. The van der Waals surface area contributed by atoms with Crippen LogP contribution in [0.4, 0.5) is 0 Å². The van der Waals surface area contributed by atoms with Crippen molar-refractivity contribution in [2.75, 3.05) is 0 Å². The van der Waals surface area contributed by atoms with Gasteiger partial charge in [-0.05, 0) is 0 Å². The van der Waals surface area contributed by atoms with Crippen molar-refractivity contribution in [2.45, 2.75) is 25.6 Å². The van der Waals surface area contributed by atoms with E-state index in [-0.39, 0.29) is 0 Å². The average molecular weight is 136 g/mol. The molecule has 0 aliphatic carbocycles. The first-order valence-corrected chi connectivity index (χ1v) is 2.69. The molecule has 0 aliphatic rings. The SMILES string of the molecule is CCCC(N)(N)O.NN. The molecule has 0 aromatic carbocycles. The molecule has 9 heavy (non-hydrogen) atoms. The Hall–Kier alpha value is -0.200. The van der Waals surface area contributed by atoms with Gasteiger partial charge in [-0.2, -0.15) is 0 Å². The van der Waals surface area contributed by atoms with Gasteiger partial charge in [0.2, 0.25) is 0 Å². The maximum absolute atomic E-state index is 8.57. The fraction of sp³-hybridized carbons (Fsp3) is 1.00. The molecule has 0 aromatic rings. The molecule has 0 rings (SSSR count). The average Bonchev–Trinajstić information content (AvgIpc) is 1.69. The van der Waals surface area contributed by atoms with Gasteiger partial charge in [0.15, 0.2) is 5.85 Å². The monoisotopic (exact) mass is 136 g/mol. The Morgan fingerprint density at radius 3 is 1.67 bits per heavy atom. The summed E-state index contributed by atoms with van der Waals surface area (Å²) in [5.41, 5.74) is 9.96. The van der Waals surface area contributed by atoms with Gasteiger partial charge in [-0.1, -0.05) is 13.3 Å². The maximum atomic E-state index is 8.57. The molecule has 0 spiro atoms. The molecule has 0 bridgehead atoms.